The molecule has 4 N–H and O–H groups in total. The van der Waals surface area contributed by atoms with Gasteiger partial charge in [0, 0.05) is 30.1 Å². The summed E-state index contributed by atoms with van der Waals surface area (Å²) in [4.78, 5) is 31.6. The number of aliphatic hydroxyl groups is 1. The molecule has 182 valence electrons. The number of carbonyl (C=O) groups is 1. The van der Waals surface area contributed by atoms with E-state index in [2.05, 4.69) is 37.1 Å². The second-order valence-electron chi connectivity index (χ2n) is 8.15. The first-order valence-electron chi connectivity index (χ1n) is 11.5. The third-order valence-electron chi connectivity index (χ3n) is 5.62. The first-order valence-corrected chi connectivity index (χ1v) is 11.5. The molecule has 0 aliphatic heterocycles. The predicted molar refractivity (Wildman–Crippen MR) is 131 cm³/mol. The molecule has 0 radical (unpaired) electrons. The lowest BCUT2D eigenvalue weighted by molar-refractivity contribution is -0.125. The fourth-order valence-electron chi connectivity index (χ4n) is 3.42. The Morgan fingerprint density at radius 2 is 1.97 bits per heavy atom. The molecule has 34 heavy (non-hydrogen) atoms. The highest BCUT2D eigenvalue weighted by Gasteiger charge is 2.17. The number of likely N-dealkylation sites (N-methyl/N-ethyl adjacent to an activating group) is 1. The van der Waals surface area contributed by atoms with Crippen LogP contribution in [0.4, 0.5) is 5.82 Å². The second-order valence-corrected chi connectivity index (χ2v) is 8.15. The number of nitrogens with one attached hydrogen (secondary N) is 1. The molecule has 2 heterocycles. The summed E-state index contributed by atoms with van der Waals surface area (Å²) in [6.07, 6.45) is 7.53. The van der Waals surface area contributed by atoms with Crippen molar-refractivity contribution >= 4 is 22.8 Å². The molecule has 1 atom stereocenters. The third kappa shape index (κ3) is 6.36. The van der Waals surface area contributed by atoms with E-state index in [1.54, 1.807) is 12.4 Å². The summed E-state index contributed by atoms with van der Waals surface area (Å²) in [7, 11) is 1.97. The van der Waals surface area contributed by atoms with Crippen LogP contribution in [0.15, 0.2) is 30.7 Å². The van der Waals surface area contributed by atoms with Gasteiger partial charge < -0.3 is 20.9 Å². The normalized spacial score (nSPS) is 12.1. The van der Waals surface area contributed by atoms with Crippen molar-refractivity contribution in [2.45, 2.75) is 45.8 Å². The number of aliphatic hydroxyl groups excluding tert-OH is 1. The second kappa shape index (κ2) is 12.2. The molecule has 0 aliphatic rings. The van der Waals surface area contributed by atoms with Crippen molar-refractivity contribution in [1.82, 2.24) is 30.2 Å². The van der Waals surface area contributed by atoms with Gasteiger partial charge in [0.05, 0.1) is 24.4 Å². The number of ether oxygens (including phenoxy) is 1. The Kier molecular flexibility index (Phi) is 9.06. The lowest BCUT2D eigenvalue weighted by Gasteiger charge is -2.23. The summed E-state index contributed by atoms with van der Waals surface area (Å²) in [5.41, 5.74) is 8.53. The van der Waals surface area contributed by atoms with E-state index in [-0.39, 0.29) is 24.4 Å². The van der Waals surface area contributed by atoms with Gasteiger partial charge in [0.25, 0.3) is 0 Å². The van der Waals surface area contributed by atoms with E-state index in [1.165, 1.54) is 6.20 Å². The van der Waals surface area contributed by atoms with Crippen LogP contribution in [0, 0.1) is 0 Å². The van der Waals surface area contributed by atoms with Crippen LogP contribution in [0.5, 0.6) is 5.75 Å². The summed E-state index contributed by atoms with van der Waals surface area (Å²) in [6.45, 7) is 5.56. The highest BCUT2D eigenvalue weighted by atomic mass is 16.5. The van der Waals surface area contributed by atoms with Gasteiger partial charge >= 0.3 is 0 Å². The lowest BCUT2D eigenvalue weighted by Crippen LogP contribution is -2.44. The van der Waals surface area contributed by atoms with Crippen LogP contribution in [-0.4, -0.2) is 68.6 Å². The summed E-state index contributed by atoms with van der Waals surface area (Å²) < 4.78 is 6.13. The number of nitrogens with zero attached hydrogens (tertiary/aromatic N) is 5. The highest BCUT2D eigenvalue weighted by molar-refractivity contribution is 5.90. The number of amides is 1. The molecule has 10 nitrogen and oxygen atoms in total. The Morgan fingerprint density at radius 1 is 1.21 bits per heavy atom. The predicted octanol–water partition coefficient (Wildman–Crippen LogP) is 2.17. The molecule has 10 heteroatoms. The van der Waals surface area contributed by atoms with Gasteiger partial charge in [-0.15, -0.1) is 0 Å². The minimum absolute atomic E-state index is 0.00390. The smallest absolute Gasteiger partial charge is 0.237 e. The number of aromatic nitrogens is 4. The van der Waals surface area contributed by atoms with E-state index in [4.69, 9.17) is 10.5 Å². The Balaban J connectivity index is 1.68. The molecule has 3 aromatic rings. The average Bonchev–Trinajstić information content (AvgIpc) is 2.86. The van der Waals surface area contributed by atoms with Crippen LogP contribution in [0.2, 0.25) is 0 Å². The average molecular weight is 468 g/mol. The zero-order valence-electron chi connectivity index (χ0n) is 20.0. The van der Waals surface area contributed by atoms with Gasteiger partial charge in [0.2, 0.25) is 5.91 Å². The van der Waals surface area contributed by atoms with Gasteiger partial charge in [-0.2, -0.15) is 0 Å². The van der Waals surface area contributed by atoms with Gasteiger partial charge in [0.1, 0.15) is 17.9 Å². The fraction of sp³-hybridized carbons (Fsp3) is 0.458. The van der Waals surface area contributed by atoms with Crippen molar-refractivity contribution in [1.29, 1.82) is 0 Å². The van der Waals surface area contributed by atoms with Gasteiger partial charge in [-0.3, -0.25) is 14.7 Å². The van der Waals surface area contributed by atoms with E-state index in [1.807, 2.05) is 26.1 Å². The number of hydrogen-bond donors (Lipinski definition) is 3. The number of carbonyl (C=O) groups excluding carboxylic acids is 1. The minimum atomic E-state index is -0.234. The van der Waals surface area contributed by atoms with Crippen LogP contribution >= 0.6 is 0 Å². The van der Waals surface area contributed by atoms with E-state index in [0.717, 1.165) is 30.5 Å². The van der Waals surface area contributed by atoms with Crippen LogP contribution in [0.3, 0.4) is 0 Å². The first-order chi connectivity index (χ1) is 16.4. The Bertz CT molecular complexity index is 1090. The van der Waals surface area contributed by atoms with Crippen LogP contribution in [0.25, 0.3) is 22.2 Å². The summed E-state index contributed by atoms with van der Waals surface area (Å²) in [6, 6.07) is 3.52. The van der Waals surface area contributed by atoms with Crippen molar-refractivity contribution in [2.24, 2.45) is 0 Å². The van der Waals surface area contributed by atoms with Crippen molar-refractivity contribution in [3.8, 4) is 16.9 Å². The Labute approximate surface area is 199 Å². The number of unbranched alkanes of at least 4 members (excludes halogenated alkanes) is 1. The SMILES string of the molecule is CCCCN(C)[C@@H](C)C(=O)NCCCOc1c(-c2cnc(CO)nc2)ccc2ncc(N)nc12. The molecule has 2 aromatic heterocycles. The molecule has 0 aliphatic carbocycles. The number of nitrogens with two attached hydrogens (primary N) is 1. The fourth-order valence-corrected chi connectivity index (χ4v) is 3.42. The number of benzene rings is 1. The van der Waals surface area contributed by atoms with Crippen molar-refractivity contribution in [3.05, 3.63) is 36.5 Å². The lowest BCUT2D eigenvalue weighted by atomic mass is 10.1. The largest absolute Gasteiger partial charge is 0.491 e. The molecule has 1 amide bonds. The number of anilines is 1. The molecule has 0 saturated carbocycles. The number of hydrogen-bond acceptors (Lipinski definition) is 9. The maximum absolute atomic E-state index is 12.4. The molecular formula is C24H33N7O3. The molecule has 1 aromatic carbocycles. The van der Waals surface area contributed by atoms with E-state index in [9.17, 15) is 9.90 Å². The molecule has 0 saturated heterocycles. The van der Waals surface area contributed by atoms with Gasteiger partial charge in [-0.25, -0.2) is 15.0 Å². The number of rotatable bonds is 12. The highest BCUT2D eigenvalue weighted by Crippen LogP contribution is 2.35. The Morgan fingerprint density at radius 3 is 2.68 bits per heavy atom. The first kappa shape index (κ1) is 25.3. The number of fused-ring (bicyclic) bond motifs is 1. The van der Waals surface area contributed by atoms with E-state index < -0.39 is 0 Å². The minimum Gasteiger partial charge on any atom is -0.491 e. The topological polar surface area (TPSA) is 139 Å². The van der Waals surface area contributed by atoms with Crippen molar-refractivity contribution in [2.75, 3.05) is 32.5 Å². The summed E-state index contributed by atoms with van der Waals surface area (Å²) >= 11 is 0. The maximum atomic E-state index is 12.4. The molecule has 0 fully saturated rings. The molecule has 0 spiro atoms. The third-order valence-corrected chi connectivity index (χ3v) is 5.62. The summed E-state index contributed by atoms with van der Waals surface area (Å²) in [5, 5.41) is 12.2. The Hall–Kier alpha value is -3.37. The van der Waals surface area contributed by atoms with E-state index >= 15 is 0 Å². The van der Waals surface area contributed by atoms with E-state index in [0.29, 0.717) is 42.2 Å². The zero-order valence-corrected chi connectivity index (χ0v) is 20.0. The van der Waals surface area contributed by atoms with Crippen molar-refractivity contribution < 1.29 is 14.6 Å². The van der Waals surface area contributed by atoms with Gasteiger partial charge in [-0.05, 0) is 45.5 Å². The zero-order chi connectivity index (χ0) is 24.5. The van der Waals surface area contributed by atoms with Gasteiger partial charge in [0.15, 0.2) is 11.6 Å². The quantitative estimate of drug-likeness (QED) is 0.342. The van der Waals surface area contributed by atoms with Crippen LogP contribution < -0.4 is 15.8 Å². The molecule has 0 bridgehead atoms. The maximum Gasteiger partial charge on any atom is 0.237 e. The van der Waals surface area contributed by atoms with Crippen LogP contribution in [-0.2, 0) is 11.4 Å². The monoisotopic (exact) mass is 467 g/mol. The molecule has 0 unspecified atom stereocenters. The van der Waals surface area contributed by atoms with Gasteiger partial charge in [-0.1, -0.05) is 13.3 Å². The molecule has 3 rings (SSSR count). The number of nitrogen functional groups attached to an aromatic ring is 1. The van der Waals surface area contributed by atoms with Crippen molar-refractivity contribution in [3.63, 3.8) is 0 Å². The summed E-state index contributed by atoms with van der Waals surface area (Å²) in [5.74, 6) is 1.15. The molecular weight excluding hydrogens is 434 g/mol. The standard InChI is InChI=1S/C24H33N7O3/c1-4-5-10-31(3)16(2)24(33)26-9-6-11-34-23-18(17-12-28-21(15-32)29-13-17)7-8-19-22(23)30-20(25)14-27-19/h7-8,12-14,16,32H,4-6,9-11,15H2,1-3H3,(H2,25,30)(H,26,33)/t16-/m0/s1. The van der Waals surface area contributed by atoms with Crippen LogP contribution in [0.1, 0.15) is 38.9 Å².